The maximum absolute atomic E-state index is 13.4. The first-order chi connectivity index (χ1) is 14.8. The number of aromatic nitrogens is 3. The monoisotopic (exact) mass is 422 g/mol. The summed E-state index contributed by atoms with van der Waals surface area (Å²) in [6.07, 6.45) is 0.688. The summed E-state index contributed by atoms with van der Waals surface area (Å²) in [7, 11) is 0. The van der Waals surface area contributed by atoms with Gasteiger partial charge in [-0.1, -0.05) is 6.07 Å². The lowest BCUT2D eigenvalue weighted by atomic mass is 10.0. The summed E-state index contributed by atoms with van der Waals surface area (Å²) in [5.74, 6) is -0.253. The second-order valence-corrected chi connectivity index (χ2v) is 7.55. The largest absolute Gasteiger partial charge is 0.416 e. The van der Waals surface area contributed by atoms with Crippen molar-refractivity contribution in [2.45, 2.75) is 19.1 Å². The van der Waals surface area contributed by atoms with Gasteiger partial charge in [-0.3, -0.25) is 14.8 Å². The summed E-state index contributed by atoms with van der Waals surface area (Å²) in [5, 5.41) is 0. The Bertz CT molecular complexity index is 1290. The number of hydrogen-bond donors (Lipinski definition) is 0. The van der Waals surface area contributed by atoms with Crippen molar-refractivity contribution in [3.8, 4) is 11.1 Å². The Morgan fingerprint density at radius 3 is 2.39 bits per heavy atom. The molecule has 5 nitrogen and oxygen atoms in total. The van der Waals surface area contributed by atoms with Crippen molar-refractivity contribution in [2.75, 3.05) is 11.4 Å². The molecule has 1 aliphatic heterocycles. The van der Waals surface area contributed by atoms with E-state index in [-0.39, 0.29) is 11.9 Å². The topological polar surface area (TPSA) is 51.0 Å². The molecule has 0 spiro atoms. The quantitative estimate of drug-likeness (QED) is 0.438. The number of hydrogen-bond acceptors (Lipinski definition) is 3. The average Bonchev–Trinajstić information content (AvgIpc) is 3.22. The fourth-order valence-corrected chi connectivity index (χ4v) is 4.02. The van der Waals surface area contributed by atoms with Crippen molar-refractivity contribution < 1.29 is 18.0 Å². The lowest BCUT2D eigenvalue weighted by Gasteiger charge is -2.33. The van der Waals surface area contributed by atoms with Gasteiger partial charge in [0.1, 0.15) is 5.69 Å². The van der Waals surface area contributed by atoms with E-state index in [4.69, 9.17) is 0 Å². The molecule has 2 aromatic carbocycles. The van der Waals surface area contributed by atoms with Crippen LogP contribution in [0, 0.1) is 0 Å². The van der Waals surface area contributed by atoms with Crippen molar-refractivity contribution in [3.05, 3.63) is 78.4 Å². The van der Waals surface area contributed by atoms with Crippen LogP contribution < -0.4 is 4.90 Å². The lowest BCUT2D eigenvalue weighted by molar-refractivity contribution is -0.137. The van der Waals surface area contributed by atoms with Crippen molar-refractivity contribution in [1.29, 1.82) is 0 Å². The van der Waals surface area contributed by atoms with Gasteiger partial charge in [0.25, 0.3) is 5.91 Å². The van der Waals surface area contributed by atoms with Gasteiger partial charge in [0, 0.05) is 42.4 Å². The molecule has 0 aliphatic carbocycles. The van der Waals surface area contributed by atoms with Crippen LogP contribution in [0.3, 0.4) is 0 Å². The summed E-state index contributed by atoms with van der Waals surface area (Å²) in [6.45, 7) is 2.34. The predicted octanol–water partition coefficient (Wildman–Crippen LogP) is 5.34. The fourth-order valence-electron chi connectivity index (χ4n) is 4.02. The average molecular weight is 422 g/mol. The smallest absolute Gasteiger partial charge is 0.338 e. The number of carbonyl (C=O) groups is 1. The second kappa shape index (κ2) is 6.94. The first-order valence-corrected chi connectivity index (χ1v) is 9.74. The van der Waals surface area contributed by atoms with Gasteiger partial charge in [0.05, 0.1) is 16.6 Å². The van der Waals surface area contributed by atoms with Crippen LogP contribution in [-0.2, 0) is 6.18 Å². The molecule has 0 fully saturated rings. The Morgan fingerprint density at radius 2 is 1.68 bits per heavy atom. The van der Waals surface area contributed by atoms with Crippen molar-refractivity contribution in [2.24, 2.45) is 0 Å². The van der Waals surface area contributed by atoms with Crippen LogP contribution in [0.4, 0.5) is 18.9 Å². The third-order valence-electron chi connectivity index (χ3n) is 5.57. The highest BCUT2D eigenvalue weighted by Crippen LogP contribution is 2.36. The van der Waals surface area contributed by atoms with E-state index in [1.807, 2.05) is 42.0 Å². The van der Waals surface area contributed by atoms with E-state index in [9.17, 15) is 18.0 Å². The molecular weight excluding hydrogens is 405 g/mol. The lowest BCUT2D eigenvalue weighted by Crippen LogP contribution is -2.42. The van der Waals surface area contributed by atoms with Crippen LogP contribution in [0.5, 0.6) is 0 Å². The molecule has 31 heavy (non-hydrogen) atoms. The van der Waals surface area contributed by atoms with Gasteiger partial charge in [-0.25, -0.2) is 0 Å². The first kappa shape index (κ1) is 19.3. The zero-order valence-corrected chi connectivity index (χ0v) is 16.5. The molecule has 1 atom stereocenters. The highest BCUT2D eigenvalue weighted by atomic mass is 19.4. The number of fused-ring (bicyclic) bond motifs is 2. The molecule has 0 N–H and O–H groups in total. The summed E-state index contributed by atoms with van der Waals surface area (Å²) in [4.78, 5) is 23.6. The summed E-state index contributed by atoms with van der Waals surface area (Å²) < 4.78 is 40.7. The minimum absolute atomic E-state index is 0.0380. The molecule has 0 saturated heterocycles. The van der Waals surface area contributed by atoms with E-state index in [1.54, 1.807) is 12.4 Å². The third kappa shape index (κ3) is 3.24. The number of amides is 1. The maximum atomic E-state index is 13.4. The molecule has 156 valence electrons. The highest BCUT2D eigenvalue weighted by molar-refractivity contribution is 6.10. The highest BCUT2D eigenvalue weighted by Gasteiger charge is 2.34. The number of nitrogens with zero attached hydrogens (tertiary/aromatic N) is 4. The van der Waals surface area contributed by atoms with Crippen LogP contribution in [0.15, 0.2) is 67.1 Å². The Balaban J connectivity index is 1.56. The molecular formula is C23H17F3N4O. The van der Waals surface area contributed by atoms with Crippen molar-refractivity contribution in [3.63, 3.8) is 0 Å². The fraction of sp³-hybridized carbons (Fsp3) is 0.174. The third-order valence-corrected chi connectivity index (χ3v) is 5.57. The standard InChI is InChI=1S/C23H17F3N4O/c1-14-13-30(17-5-3-16(4-6-17)23(24,25)26)22(31)21-18(8-11-29(14)21)15-2-7-19-20(12-15)28-10-9-27-19/h2-12,14H,13H2,1H3/t14-/m0/s1. The number of anilines is 1. The Morgan fingerprint density at radius 1 is 0.968 bits per heavy atom. The van der Waals surface area contributed by atoms with E-state index in [2.05, 4.69) is 9.97 Å². The zero-order valence-electron chi connectivity index (χ0n) is 16.5. The van der Waals surface area contributed by atoms with Crippen LogP contribution in [0.2, 0.25) is 0 Å². The van der Waals surface area contributed by atoms with E-state index in [0.717, 1.165) is 34.3 Å². The summed E-state index contributed by atoms with van der Waals surface area (Å²) in [5.41, 5.74) is 3.25. The van der Waals surface area contributed by atoms with Crippen LogP contribution in [-0.4, -0.2) is 27.0 Å². The SMILES string of the molecule is C[C@H]1CN(c2ccc(C(F)(F)F)cc2)C(=O)c2c(-c3ccc4nccnc4c3)ccn21. The van der Waals surface area contributed by atoms with Crippen LogP contribution in [0.25, 0.3) is 22.2 Å². The van der Waals surface area contributed by atoms with E-state index in [1.165, 1.54) is 17.0 Å². The van der Waals surface area contributed by atoms with Crippen molar-refractivity contribution in [1.82, 2.24) is 14.5 Å². The van der Waals surface area contributed by atoms with Gasteiger partial charge in [0.2, 0.25) is 0 Å². The van der Waals surface area contributed by atoms with Gasteiger partial charge < -0.3 is 9.47 Å². The van der Waals surface area contributed by atoms with E-state index in [0.29, 0.717) is 17.9 Å². The number of carbonyl (C=O) groups excluding carboxylic acids is 1. The summed E-state index contributed by atoms with van der Waals surface area (Å²) in [6, 6.07) is 12.2. The number of alkyl halides is 3. The Labute approximate surface area is 175 Å². The molecule has 1 aliphatic rings. The second-order valence-electron chi connectivity index (χ2n) is 7.55. The minimum Gasteiger partial charge on any atom is -0.338 e. The van der Waals surface area contributed by atoms with Gasteiger partial charge >= 0.3 is 6.18 Å². The van der Waals surface area contributed by atoms with E-state index >= 15 is 0 Å². The molecule has 0 saturated carbocycles. The minimum atomic E-state index is -4.42. The first-order valence-electron chi connectivity index (χ1n) is 9.74. The van der Waals surface area contributed by atoms with Gasteiger partial charge in [0.15, 0.2) is 0 Å². The zero-order chi connectivity index (χ0) is 21.8. The van der Waals surface area contributed by atoms with Crippen LogP contribution >= 0.6 is 0 Å². The summed E-state index contributed by atoms with van der Waals surface area (Å²) >= 11 is 0. The Hall–Kier alpha value is -3.68. The van der Waals surface area contributed by atoms with Crippen molar-refractivity contribution >= 4 is 22.6 Å². The van der Waals surface area contributed by atoms with Gasteiger partial charge in [-0.05, 0) is 55.0 Å². The van der Waals surface area contributed by atoms with Crippen LogP contribution in [0.1, 0.15) is 29.0 Å². The normalized spacial score (nSPS) is 16.6. The molecule has 0 bridgehead atoms. The van der Waals surface area contributed by atoms with Gasteiger partial charge in [-0.15, -0.1) is 0 Å². The molecule has 8 heteroatoms. The number of rotatable bonds is 2. The molecule has 1 amide bonds. The maximum Gasteiger partial charge on any atom is 0.416 e. The molecule has 0 radical (unpaired) electrons. The Kier molecular flexibility index (Phi) is 4.32. The predicted molar refractivity (Wildman–Crippen MR) is 111 cm³/mol. The van der Waals surface area contributed by atoms with Gasteiger partial charge in [-0.2, -0.15) is 13.2 Å². The number of benzene rings is 2. The molecule has 2 aromatic heterocycles. The number of halogens is 3. The molecule has 0 unspecified atom stereocenters. The molecule has 3 heterocycles. The van der Waals surface area contributed by atoms with E-state index < -0.39 is 11.7 Å². The molecule has 4 aromatic rings. The molecule has 5 rings (SSSR count).